The summed E-state index contributed by atoms with van der Waals surface area (Å²) >= 11 is 0. The van der Waals surface area contributed by atoms with Crippen LogP contribution >= 0.6 is 0 Å². The SMILES string of the molecule is CCOc1ccc2c(C)coc2c1OCC. The molecule has 2 rings (SSSR count). The van der Waals surface area contributed by atoms with Crippen LogP contribution in [0.1, 0.15) is 19.4 Å². The molecule has 2 aromatic rings. The van der Waals surface area contributed by atoms with Crippen LogP contribution in [0.25, 0.3) is 11.0 Å². The second-order valence-corrected chi connectivity index (χ2v) is 3.55. The van der Waals surface area contributed by atoms with Gasteiger partial charge in [-0.1, -0.05) is 0 Å². The first-order valence-electron chi connectivity index (χ1n) is 5.54. The fourth-order valence-electron chi connectivity index (χ4n) is 1.73. The zero-order chi connectivity index (χ0) is 11.5. The third-order valence-electron chi connectivity index (χ3n) is 2.44. The van der Waals surface area contributed by atoms with Gasteiger partial charge in [-0.3, -0.25) is 0 Å². The van der Waals surface area contributed by atoms with E-state index in [2.05, 4.69) is 0 Å². The maximum atomic E-state index is 5.60. The van der Waals surface area contributed by atoms with Crippen LogP contribution in [-0.2, 0) is 0 Å². The molecule has 0 aliphatic heterocycles. The Labute approximate surface area is 95.0 Å². The van der Waals surface area contributed by atoms with Crippen LogP contribution in [0.4, 0.5) is 0 Å². The van der Waals surface area contributed by atoms with E-state index in [0.29, 0.717) is 19.0 Å². The number of fused-ring (bicyclic) bond motifs is 1. The maximum absolute atomic E-state index is 5.60. The van der Waals surface area contributed by atoms with Crippen molar-refractivity contribution in [2.75, 3.05) is 13.2 Å². The second-order valence-electron chi connectivity index (χ2n) is 3.55. The molecule has 0 atom stereocenters. The smallest absolute Gasteiger partial charge is 0.204 e. The van der Waals surface area contributed by atoms with Gasteiger partial charge in [-0.25, -0.2) is 0 Å². The van der Waals surface area contributed by atoms with Crippen molar-refractivity contribution in [3.8, 4) is 11.5 Å². The lowest BCUT2D eigenvalue weighted by atomic mass is 10.2. The van der Waals surface area contributed by atoms with E-state index in [-0.39, 0.29) is 0 Å². The van der Waals surface area contributed by atoms with Crippen molar-refractivity contribution in [3.63, 3.8) is 0 Å². The van der Waals surface area contributed by atoms with E-state index in [1.807, 2.05) is 32.9 Å². The number of benzene rings is 1. The number of rotatable bonds is 4. The minimum Gasteiger partial charge on any atom is -0.490 e. The Kier molecular flexibility index (Phi) is 3.04. The number of aryl methyl sites for hydroxylation is 1. The molecular formula is C13H16O3. The highest BCUT2D eigenvalue weighted by atomic mass is 16.5. The summed E-state index contributed by atoms with van der Waals surface area (Å²) in [6, 6.07) is 3.93. The van der Waals surface area contributed by atoms with Crippen LogP contribution in [0.3, 0.4) is 0 Å². The molecule has 0 saturated carbocycles. The highest BCUT2D eigenvalue weighted by molar-refractivity contribution is 5.88. The highest BCUT2D eigenvalue weighted by Crippen LogP contribution is 2.37. The second kappa shape index (κ2) is 4.47. The monoisotopic (exact) mass is 220 g/mol. The topological polar surface area (TPSA) is 31.6 Å². The van der Waals surface area contributed by atoms with Gasteiger partial charge < -0.3 is 13.9 Å². The number of hydrogen-bond acceptors (Lipinski definition) is 3. The summed E-state index contributed by atoms with van der Waals surface area (Å²) in [5, 5.41) is 1.08. The normalized spacial score (nSPS) is 10.7. The van der Waals surface area contributed by atoms with Gasteiger partial charge in [0.2, 0.25) is 5.75 Å². The molecule has 0 aliphatic rings. The first-order chi connectivity index (χ1) is 7.77. The van der Waals surface area contributed by atoms with Gasteiger partial charge in [0.25, 0.3) is 0 Å². The maximum Gasteiger partial charge on any atom is 0.204 e. The molecule has 0 amide bonds. The van der Waals surface area contributed by atoms with Crippen molar-refractivity contribution < 1.29 is 13.9 Å². The first kappa shape index (κ1) is 10.9. The summed E-state index contributed by atoms with van der Waals surface area (Å²) in [7, 11) is 0. The van der Waals surface area contributed by atoms with Gasteiger partial charge in [0.15, 0.2) is 11.3 Å². The summed E-state index contributed by atoms with van der Waals surface area (Å²) in [4.78, 5) is 0. The summed E-state index contributed by atoms with van der Waals surface area (Å²) < 4.78 is 16.6. The first-order valence-corrected chi connectivity index (χ1v) is 5.54. The fourth-order valence-corrected chi connectivity index (χ4v) is 1.73. The molecule has 0 radical (unpaired) electrons. The fraction of sp³-hybridized carbons (Fsp3) is 0.385. The van der Waals surface area contributed by atoms with Crippen molar-refractivity contribution in [2.24, 2.45) is 0 Å². The summed E-state index contributed by atoms with van der Waals surface area (Å²) in [5.74, 6) is 1.45. The average molecular weight is 220 g/mol. The molecule has 1 heterocycles. The average Bonchev–Trinajstić information content (AvgIpc) is 2.65. The van der Waals surface area contributed by atoms with Crippen molar-refractivity contribution in [2.45, 2.75) is 20.8 Å². The Balaban J connectivity index is 2.59. The quantitative estimate of drug-likeness (QED) is 0.789. The molecule has 0 saturated heterocycles. The van der Waals surface area contributed by atoms with Crippen LogP contribution in [-0.4, -0.2) is 13.2 Å². The molecule has 1 aromatic heterocycles. The number of ether oxygens (including phenoxy) is 2. The van der Waals surface area contributed by atoms with Gasteiger partial charge in [-0.15, -0.1) is 0 Å². The van der Waals surface area contributed by atoms with E-state index in [9.17, 15) is 0 Å². The van der Waals surface area contributed by atoms with Crippen LogP contribution in [0, 0.1) is 6.92 Å². The Bertz CT molecular complexity index is 485. The largest absolute Gasteiger partial charge is 0.490 e. The molecule has 0 fully saturated rings. The number of furan rings is 1. The van der Waals surface area contributed by atoms with E-state index in [1.165, 1.54) is 0 Å². The van der Waals surface area contributed by atoms with Crippen molar-refractivity contribution in [1.29, 1.82) is 0 Å². The molecule has 16 heavy (non-hydrogen) atoms. The molecule has 3 heteroatoms. The van der Waals surface area contributed by atoms with Crippen LogP contribution in [0.15, 0.2) is 22.8 Å². The Hall–Kier alpha value is -1.64. The van der Waals surface area contributed by atoms with Crippen molar-refractivity contribution in [3.05, 3.63) is 24.0 Å². The summed E-state index contributed by atoms with van der Waals surface area (Å²) in [6.07, 6.45) is 1.74. The molecule has 3 nitrogen and oxygen atoms in total. The van der Waals surface area contributed by atoms with E-state index < -0.39 is 0 Å². The zero-order valence-corrected chi connectivity index (χ0v) is 9.87. The molecule has 0 spiro atoms. The zero-order valence-electron chi connectivity index (χ0n) is 9.87. The molecule has 0 N–H and O–H groups in total. The van der Waals surface area contributed by atoms with Crippen molar-refractivity contribution in [1.82, 2.24) is 0 Å². The van der Waals surface area contributed by atoms with Crippen LogP contribution in [0.2, 0.25) is 0 Å². The standard InChI is InChI=1S/C13H16O3/c1-4-14-11-7-6-10-9(3)8-16-12(10)13(11)15-5-2/h6-8H,4-5H2,1-3H3. The van der Waals surface area contributed by atoms with Gasteiger partial charge in [-0.05, 0) is 38.5 Å². The minimum absolute atomic E-state index is 0.596. The Morgan fingerprint density at radius 1 is 1.12 bits per heavy atom. The van der Waals surface area contributed by atoms with E-state index in [0.717, 1.165) is 22.3 Å². The van der Waals surface area contributed by atoms with Gasteiger partial charge in [-0.2, -0.15) is 0 Å². The van der Waals surface area contributed by atoms with Gasteiger partial charge in [0.05, 0.1) is 19.5 Å². The molecule has 1 aromatic carbocycles. The lowest BCUT2D eigenvalue weighted by Gasteiger charge is -2.10. The lowest BCUT2D eigenvalue weighted by molar-refractivity contribution is 0.287. The van der Waals surface area contributed by atoms with E-state index >= 15 is 0 Å². The Morgan fingerprint density at radius 2 is 1.88 bits per heavy atom. The van der Waals surface area contributed by atoms with Gasteiger partial charge in [0.1, 0.15) is 0 Å². The van der Waals surface area contributed by atoms with E-state index in [1.54, 1.807) is 6.26 Å². The van der Waals surface area contributed by atoms with Crippen molar-refractivity contribution >= 4 is 11.0 Å². The summed E-state index contributed by atoms with van der Waals surface area (Å²) in [6.45, 7) is 7.13. The third kappa shape index (κ3) is 1.73. The number of hydrogen-bond donors (Lipinski definition) is 0. The third-order valence-corrected chi connectivity index (χ3v) is 2.44. The van der Waals surface area contributed by atoms with E-state index in [4.69, 9.17) is 13.9 Å². The van der Waals surface area contributed by atoms with Crippen LogP contribution < -0.4 is 9.47 Å². The molecule has 0 unspecified atom stereocenters. The van der Waals surface area contributed by atoms with Crippen LogP contribution in [0.5, 0.6) is 11.5 Å². The molecule has 86 valence electrons. The molecular weight excluding hydrogens is 204 g/mol. The van der Waals surface area contributed by atoms with Gasteiger partial charge >= 0.3 is 0 Å². The predicted molar refractivity (Wildman–Crippen MR) is 63.3 cm³/mol. The van der Waals surface area contributed by atoms with Gasteiger partial charge in [0, 0.05) is 5.39 Å². The Morgan fingerprint density at radius 3 is 2.56 bits per heavy atom. The highest BCUT2D eigenvalue weighted by Gasteiger charge is 2.14. The summed E-state index contributed by atoms with van der Waals surface area (Å²) in [5.41, 5.74) is 1.88. The predicted octanol–water partition coefficient (Wildman–Crippen LogP) is 3.54. The molecule has 0 bridgehead atoms. The molecule has 0 aliphatic carbocycles. The minimum atomic E-state index is 0.596. The lowest BCUT2D eigenvalue weighted by Crippen LogP contribution is -1.98.